The highest BCUT2D eigenvalue weighted by molar-refractivity contribution is 5.97. The highest BCUT2D eigenvalue weighted by Crippen LogP contribution is 2.45. The zero-order valence-electron chi connectivity index (χ0n) is 53.0. The normalized spacial score (nSPS) is 16.3. The van der Waals surface area contributed by atoms with Gasteiger partial charge in [-0.15, -0.1) is 0 Å². The largest absolute Gasteiger partial charge is 0.507 e. The van der Waals surface area contributed by atoms with Crippen molar-refractivity contribution in [3.05, 3.63) is 166 Å². The Hall–Kier alpha value is -6.26. The molecule has 338 valence electrons. The molecule has 0 saturated heterocycles. The molecular weight excluding hydrogens is 803 g/mol. The van der Waals surface area contributed by atoms with Crippen LogP contribution in [0, 0.1) is 13.7 Å². The standard InChI is InChI=1S/C62H69N3O/c1-37(2)44-28-45(38(3)4)30-46(29-44)42-23-24-55(40(6)27-42)65-56-18-16-17-51(57(56)64-59(65)52-35-50(61(10,11)12)36-53(58(52)66)62(13,14)15)47-31-48(33-49(32-47)60(7,8)9)54-34-43(25-26-63-54)41-21-19-39(5)20-22-41/h16-38,66H,1-15H3/i5D3,6D3,13D3,14D3,37D. The first-order valence-corrected chi connectivity index (χ1v) is 22.6. The fourth-order valence-corrected chi connectivity index (χ4v) is 8.52. The zero-order chi connectivity index (χ0) is 58.5. The van der Waals surface area contributed by atoms with Crippen LogP contribution in [0.15, 0.2) is 128 Å². The minimum atomic E-state index is -3.14. The summed E-state index contributed by atoms with van der Waals surface area (Å²) < 4.78 is 114. The van der Waals surface area contributed by atoms with E-state index in [4.69, 9.17) is 27.8 Å². The molecule has 1 N–H and O–H groups in total. The number of pyridine rings is 1. The quantitative estimate of drug-likeness (QED) is 0.165. The summed E-state index contributed by atoms with van der Waals surface area (Å²) in [6.07, 6.45) is 1.71. The van der Waals surface area contributed by atoms with E-state index in [2.05, 4.69) is 46.8 Å². The maximum Gasteiger partial charge on any atom is 0.149 e. The van der Waals surface area contributed by atoms with Crippen molar-refractivity contribution in [3.8, 4) is 67.5 Å². The second-order valence-corrected chi connectivity index (χ2v) is 20.5. The molecule has 0 bridgehead atoms. The average molecular weight is 885 g/mol. The monoisotopic (exact) mass is 885 g/mol. The molecule has 4 heteroatoms. The van der Waals surface area contributed by atoms with Crippen LogP contribution in [0.3, 0.4) is 0 Å². The van der Waals surface area contributed by atoms with Gasteiger partial charge in [0.2, 0.25) is 0 Å². The van der Waals surface area contributed by atoms with Crippen molar-refractivity contribution >= 4 is 11.0 Å². The number of aromatic hydroxyl groups is 1. The first-order chi connectivity index (χ1) is 36.2. The first kappa shape index (κ1) is 32.4. The summed E-state index contributed by atoms with van der Waals surface area (Å²) in [4.78, 5) is 10.2. The molecule has 0 atom stereocenters. The van der Waals surface area contributed by atoms with E-state index in [1.807, 2.05) is 89.2 Å². The van der Waals surface area contributed by atoms with E-state index in [1.165, 1.54) is 6.07 Å². The number of aromatic nitrogens is 3. The van der Waals surface area contributed by atoms with Crippen LogP contribution < -0.4 is 0 Å². The number of benzene rings is 6. The minimum Gasteiger partial charge on any atom is -0.507 e. The van der Waals surface area contributed by atoms with Gasteiger partial charge >= 0.3 is 0 Å². The number of fused-ring (bicyclic) bond motifs is 1. The summed E-state index contributed by atoms with van der Waals surface area (Å²) in [5.74, 6) is -1.45. The molecule has 0 spiro atoms. The van der Waals surface area contributed by atoms with Crippen LogP contribution >= 0.6 is 0 Å². The van der Waals surface area contributed by atoms with Gasteiger partial charge in [-0.1, -0.05) is 168 Å². The molecule has 8 rings (SSSR count). The summed E-state index contributed by atoms with van der Waals surface area (Å²) in [5, 5.41) is 12.8. The molecule has 0 aliphatic heterocycles. The fraction of sp³-hybridized carbons (Fsp3) is 0.323. The van der Waals surface area contributed by atoms with Crippen LogP contribution in [0.2, 0.25) is 0 Å². The molecule has 0 aliphatic rings. The third-order valence-corrected chi connectivity index (χ3v) is 12.6. The maximum atomic E-state index is 12.8. The highest BCUT2D eigenvalue weighted by Gasteiger charge is 2.29. The number of aryl methyl sites for hydroxylation is 2. The van der Waals surface area contributed by atoms with Crippen LogP contribution in [0.4, 0.5) is 0 Å². The molecule has 8 aromatic rings. The summed E-state index contributed by atoms with van der Waals surface area (Å²) in [5.41, 5.74) is 6.10. The molecule has 0 aliphatic carbocycles. The third kappa shape index (κ3) is 9.12. The number of para-hydroxylation sites is 1. The topological polar surface area (TPSA) is 50.9 Å². The van der Waals surface area contributed by atoms with Crippen LogP contribution in [-0.4, -0.2) is 19.6 Å². The first-order valence-electron chi connectivity index (χ1n) is 29.1. The lowest BCUT2D eigenvalue weighted by Gasteiger charge is -2.27. The number of imidazole rings is 1. The molecule has 2 heterocycles. The van der Waals surface area contributed by atoms with Gasteiger partial charge in [0.1, 0.15) is 11.6 Å². The predicted molar refractivity (Wildman–Crippen MR) is 281 cm³/mol. The van der Waals surface area contributed by atoms with Gasteiger partial charge in [0.15, 0.2) is 0 Å². The van der Waals surface area contributed by atoms with Crippen LogP contribution in [-0.2, 0) is 16.2 Å². The van der Waals surface area contributed by atoms with Crippen molar-refractivity contribution in [2.45, 2.75) is 132 Å². The highest BCUT2D eigenvalue weighted by atomic mass is 16.3. The number of phenols is 1. The smallest absolute Gasteiger partial charge is 0.149 e. The van der Waals surface area contributed by atoms with Gasteiger partial charge in [0, 0.05) is 40.7 Å². The molecule has 6 aromatic carbocycles. The van der Waals surface area contributed by atoms with E-state index in [0.717, 1.165) is 51.4 Å². The molecule has 0 amide bonds. The lowest BCUT2D eigenvalue weighted by atomic mass is 9.79. The average Bonchev–Trinajstić information content (AvgIpc) is 3.67. The van der Waals surface area contributed by atoms with Crippen LogP contribution in [0.1, 0.15) is 158 Å². The van der Waals surface area contributed by atoms with E-state index in [-0.39, 0.29) is 45.1 Å². The van der Waals surface area contributed by atoms with Crippen LogP contribution in [0.5, 0.6) is 5.75 Å². The molecule has 4 nitrogen and oxygen atoms in total. The van der Waals surface area contributed by atoms with Gasteiger partial charge in [0.05, 0.1) is 28.0 Å². The number of rotatable bonds is 8. The molecule has 0 fully saturated rings. The van der Waals surface area contributed by atoms with Crippen molar-refractivity contribution in [1.29, 1.82) is 0 Å². The lowest BCUT2D eigenvalue weighted by Crippen LogP contribution is -2.17. The second-order valence-electron chi connectivity index (χ2n) is 20.5. The Morgan fingerprint density at radius 1 is 0.591 bits per heavy atom. The Bertz CT molecular complexity index is 3600. The van der Waals surface area contributed by atoms with E-state index in [1.54, 1.807) is 59.3 Å². The lowest BCUT2D eigenvalue weighted by molar-refractivity contribution is 0.446. The Morgan fingerprint density at radius 3 is 1.94 bits per heavy atom. The molecule has 0 radical (unpaired) electrons. The van der Waals surface area contributed by atoms with Gasteiger partial charge < -0.3 is 5.11 Å². The van der Waals surface area contributed by atoms with Gasteiger partial charge in [-0.25, -0.2) is 4.98 Å². The van der Waals surface area contributed by atoms with E-state index in [9.17, 15) is 5.11 Å². The Kier molecular flexibility index (Phi) is 8.44. The number of hydrogen-bond acceptors (Lipinski definition) is 3. The SMILES string of the molecule is [2H]C([2H])([2H])c1ccc(-c2ccnc(-c3cc(-c4cccc5c4nc(-c4cc(C(C)(C)C)cc(C(C)(C([2H])([2H])[2H])C([2H])([2H])[2H])c4O)n5-c4ccc(-c5cc(C(C)C)cc(C([2H])(C)C)c5)cc4C([2H])([2H])[2H])cc(C(C)(C)C)c3)c2)cc1. The maximum absolute atomic E-state index is 12.8. The molecular formula is C62H69N3O. The van der Waals surface area contributed by atoms with Crippen molar-refractivity contribution in [3.63, 3.8) is 0 Å². The Balaban J connectivity index is 1.47. The van der Waals surface area contributed by atoms with Crippen molar-refractivity contribution in [2.24, 2.45) is 0 Å². The van der Waals surface area contributed by atoms with Crippen molar-refractivity contribution in [1.82, 2.24) is 14.5 Å². The van der Waals surface area contributed by atoms with E-state index >= 15 is 0 Å². The summed E-state index contributed by atoms with van der Waals surface area (Å²) >= 11 is 0. The summed E-state index contributed by atoms with van der Waals surface area (Å²) in [7, 11) is 0. The van der Waals surface area contributed by atoms with Gasteiger partial charge in [-0.3, -0.25) is 9.55 Å². The summed E-state index contributed by atoms with van der Waals surface area (Å²) in [6.45, 7) is 9.55. The predicted octanol–water partition coefficient (Wildman–Crippen LogP) is 17.2. The van der Waals surface area contributed by atoms with Crippen LogP contribution in [0.25, 0.3) is 72.7 Å². The Morgan fingerprint density at radius 2 is 1.27 bits per heavy atom. The number of nitrogens with zero attached hydrogens (tertiary/aromatic N) is 3. The van der Waals surface area contributed by atoms with Gasteiger partial charge in [0.25, 0.3) is 0 Å². The molecule has 66 heavy (non-hydrogen) atoms. The fourth-order valence-electron chi connectivity index (χ4n) is 8.52. The summed E-state index contributed by atoms with van der Waals surface area (Å²) in [6, 6.07) is 36.5. The van der Waals surface area contributed by atoms with Gasteiger partial charge in [-0.2, -0.15) is 0 Å². The Labute approximate surface area is 413 Å². The van der Waals surface area contributed by atoms with E-state index in [0.29, 0.717) is 33.4 Å². The molecule has 0 saturated carbocycles. The zero-order valence-corrected chi connectivity index (χ0v) is 40.0. The number of hydrogen-bond donors (Lipinski definition) is 1. The third-order valence-electron chi connectivity index (χ3n) is 12.6. The molecule has 0 unspecified atom stereocenters. The van der Waals surface area contributed by atoms with Crippen molar-refractivity contribution < 1.29 is 22.9 Å². The number of phenolic OH excluding ortho intramolecular Hbond substituents is 1. The molecule has 2 aromatic heterocycles. The van der Waals surface area contributed by atoms with Gasteiger partial charge in [-0.05, 0) is 146 Å². The second kappa shape index (κ2) is 17.2. The minimum absolute atomic E-state index is 0.00568. The van der Waals surface area contributed by atoms with Crippen molar-refractivity contribution in [2.75, 3.05) is 0 Å². The van der Waals surface area contributed by atoms with E-state index < -0.39 is 49.9 Å².